The highest BCUT2D eigenvalue weighted by atomic mass is 31.2. The van der Waals surface area contributed by atoms with Crippen molar-refractivity contribution in [3.8, 4) is 5.75 Å². The first-order valence-corrected chi connectivity index (χ1v) is 14.7. The highest BCUT2D eigenvalue weighted by molar-refractivity contribution is 7.85. The molecule has 0 unspecified atom stereocenters. The summed E-state index contributed by atoms with van der Waals surface area (Å²) in [7, 11) is -6.48. The summed E-state index contributed by atoms with van der Waals surface area (Å²) in [6, 6.07) is 44.7. The molecule has 172 valence electrons. The van der Waals surface area contributed by atoms with E-state index in [2.05, 4.69) is 0 Å². The van der Waals surface area contributed by atoms with Crippen LogP contribution in [0.15, 0.2) is 146 Å². The molecule has 35 heavy (non-hydrogen) atoms. The van der Waals surface area contributed by atoms with Gasteiger partial charge in [-0.25, -0.2) is 0 Å². The Morgan fingerprint density at radius 1 is 0.371 bits per heavy atom. The van der Waals surface area contributed by atoms with Gasteiger partial charge in [-0.15, -0.1) is 0 Å². The molecule has 0 atom stereocenters. The first kappa shape index (κ1) is 23.1. The molecule has 0 bridgehead atoms. The van der Waals surface area contributed by atoms with Crippen LogP contribution in [-0.4, -0.2) is 0 Å². The van der Waals surface area contributed by atoms with Gasteiger partial charge >= 0.3 is 7.37 Å². The summed E-state index contributed by atoms with van der Waals surface area (Å²) in [6.45, 7) is 0. The molecule has 0 amide bonds. The maximum Gasteiger partial charge on any atom is 0.306 e. The second kappa shape index (κ2) is 9.92. The number of hydrogen-bond donors (Lipinski definition) is 0. The molecule has 5 heteroatoms. The first-order chi connectivity index (χ1) is 17.1. The summed E-state index contributed by atoms with van der Waals surface area (Å²) < 4.78 is 35.0. The van der Waals surface area contributed by atoms with Crippen LogP contribution in [0.25, 0.3) is 0 Å². The first-order valence-electron chi connectivity index (χ1n) is 11.3. The van der Waals surface area contributed by atoms with Crippen LogP contribution in [0.1, 0.15) is 0 Å². The zero-order valence-electron chi connectivity index (χ0n) is 19.0. The van der Waals surface area contributed by atoms with Crippen LogP contribution >= 0.6 is 14.5 Å². The van der Waals surface area contributed by atoms with Crippen LogP contribution in [0.4, 0.5) is 0 Å². The monoisotopic (exact) mass is 494 g/mol. The highest BCUT2D eigenvalue weighted by Gasteiger charge is 2.32. The minimum absolute atomic E-state index is 0.456. The standard InChI is InChI=1S/C30H24O3P2/c31-34(26-13-5-1-6-14-26,27-15-7-2-8-16-27)28-23-21-25(22-24-28)33-35(32,29-17-9-3-10-18-29)30-19-11-4-12-20-30/h1-24H. The van der Waals surface area contributed by atoms with Crippen LogP contribution in [0.5, 0.6) is 5.75 Å². The molecule has 0 aliphatic carbocycles. The average Bonchev–Trinajstić information content (AvgIpc) is 2.95. The van der Waals surface area contributed by atoms with E-state index in [1.165, 1.54) is 0 Å². The predicted octanol–water partition coefficient (Wildman–Crippen LogP) is 5.63. The SMILES string of the molecule is O=P(Oc1ccc(P(=O)(c2ccccc2)c2ccccc2)cc1)(c1ccccc1)c1ccccc1. The third-order valence-corrected chi connectivity index (χ3v) is 11.4. The van der Waals surface area contributed by atoms with Crippen molar-refractivity contribution in [3.05, 3.63) is 146 Å². The molecule has 5 rings (SSSR count). The van der Waals surface area contributed by atoms with E-state index in [1.54, 1.807) is 12.1 Å². The van der Waals surface area contributed by atoms with E-state index >= 15 is 0 Å². The third-order valence-electron chi connectivity index (χ3n) is 5.87. The number of hydrogen-bond acceptors (Lipinski definition) is 3. The fraction of sp³-hybridized carbons (Fsp3) is 0. The van der Waals surface area contributed by atoms with E-state index in [1.807, 2.05) is 133 Å². The van der Waals surface area contributed by atoms with Crippen LogP contribution in [-0.2, 0) is 9.13 Å². The van der Waals surface area contributed by atoms with Gasteiger partial charge in [0.25, 0.3) is 0 Å². The van der Waals surface area contributed by atoms with Gasteiger partial charge in [0.15, 0.2) is 7.14 Å². The van der Waals surface area contributed by atoms with Crippen LogP contribution in [0, 0.1) is 0 Å². The summed E-state index contributed by atoms with van der Waals surface area (Å²) in [4.78, 5) is 0. The molecule has 0 heterocycles. The highest BCUT2D eigenvalue weighted by Crippen LogP contribution is 2.46. The quantitative estimate of drug-likeness (QED) is 0.275. The Kier molecular flexibility index (Phi) is 6.55. The molecule has 0 saturated heterocycles. The van der Waals surface area contributed by atoms with Gasteiger partial charge in [0.1, 0.15) is 5.75 Å². The van der Waals surface area contributed by atoms with Crippen molar-refractivity contribution in [3.63, 3.8) is 0 Å². The summed E-state index contributed by atoms with van der Waals surface area (Å²) >= 11 is 0. The second-order valence-corrected chi connectivity index (χ2v) is 13.2. The van der Waals surface area contributed by atoms with Crippen molar-refractivity contribution in [2.24, 2.45) is 0 Å². The van der Waals surface area contributed by atoms with Crippen molar-refractivity contribution in [1.29, 1.82) is 0 Å². The molecule has 0 N–H and O–H groups in total. The van der Waals surface area contributed by atoms with Gasteiger partial charge in [0.05, 0.1) is 10.6 Å². The predicted molar refractivity (Wildman–Crippen MR) is 146 cm³/mol. The Morgan fingerprint density at radius 3 is 1.06 bits per heavy atom. The second-order valence-electron chi connectivity index (χ2n) is 8.09. The maximum absolute atomic E-state index is 14.6. The van der Waals surface area contributed by atoms with E-state index in [4.69, 9.17) is 4.52 Å². The lowest BCUT2D eigenvalue weighted by atomic mass is 10.3. The summed E-state index contributed by atoms with van der Waals surface area (Å²) in [5.41, 5.74) is 0. The zero-order valence-corrected chi connectivity index (χ0v) is 20.8. The van der Waals surface area contributed by atoms with E-state index in [-0.39, 0.29) is 0 Å². The van der Waals surface area contributed by atoms with Gasteiger partial charge in [-0.3, -0.25) is 4.57 Å². The molecule has 0 spiro atoms. The lowest BCUT2D eigenvalue weighted by Gasteiger charge is -2.22. The molecular formula is C30H24O3P2. The number of benzene rings is 5. The van der Waals surface area contributed by atoms with Crippen molar-refractivity contribution >= 4 is 41.0 Å². The van der Waals surface area contributed by atoms with Crippen molar-refractivity contribution in [1.82, 2.24) is 0 Å². The summed E-state index contributed by atoms with van der Waals surface area (Å²) in [5, 5.41) is 3.46. The Balaban J connectivity index is 1.56. The van der Waals surface area contributed by atoms with Gasteiger partial charge in [-0.2, -0.15) is 0 Å². The molecule has 0 saturated carbocycles. The topological polar surface area (TPSA) is 43.4 Å². The van der Waals surface area contributed by atoms with Crippen LogP contribution < -0.4 is 31.0 Å². The Bertz CT molecular complexity index is 1400. The van der Waals surface area contributed by atoms with Crippen molar-refractivity contribution < 1.29 is 13.7 Å². The van der Waals surface area contributed by atoms with Gasteiger partial charge in [-0.05, 0) is 48.5 Å². The van der Waals surface area contributed by atoms with Crippen LogP contribution in [0.2, 0.25) is 0 Å². The molecule has 0 aromatic heterocycles. The third kappa shape index (κ3) is 4.54. The lowest BCUT2D eigenvalue weighted by molar-refractivity contribution is 0.503. The lowest BCUT2D eigenvalue weighted by Crippen LogP contribution is -2.25. The Hall–Kier alpha value is -3.64. The minimum atomic E-state index is -3.39. The van der Waals surface area contributed by atoms with Gasteiger partial charge in [0, 0.05) is 15.9 Å². The normalized spacial score (nSPS) is 11.7. The van der Waals surface area contributed by atoms with E-state index in [0.717, 1.165) is 10.6 Å². The average molecular weight is 494 g/mol. The van der Waals surface area contributed by atoms with E-state index in [0.29, 0.717) is 21.7 Å². The molecule has 3 nitrogen and oxygen atoms in total. The number of rotatable bonds is 7. The Morgan fingerprint density at radius 2 is 0.686 bits per heavy atom. The molecule has 5 aromatic rings. The van der Waals surface area contributed by atoms with Crippen LogP contribution in [0.3, 0.4) is 0 Å². The summed E-state index contributed by atoms with van der Waals surface area (Å²) in [5.74, 6) is 0.456. The molecule has 0 aliphatic rings. The van der Waals surface area contributed by atoms with E-state index in [9.17, 15) is 9.13 Å². The van der Waals surface area contributed by atoms with Crippen molar-refractivity contribution in [2.75, 3.05) is 0 Å². The molecular weight excluding hydrogens is 470 g/mol. The zero-order chi connectivity index (χ0) is 24.1. The molecule has 5 aromatic carbocycles. The van der Waals surface area contributed by atoms with Gasteiger partial charge in [0.2, 0.25) is 0 Å². The fourth-order valence-electron chi connectivity index (χ4n) is 4.09. The smallest absolute Gasteiger partial charge is 0.306 e. The molecule has 0 aliphatic heterocycles. The summed E-state index contributed by atoms with van der Waals surface area (Å²) in [6.07, 6.45) is 0. The molecule has 0 radical (unpaired) electrons. The van der Waals surface area contributed by atoms with Crippen molar-refractivity contribution in [2.45, 2.75) is 0 Å². The molecule has 0 fully saturated rings. The fourth-order valence-corrected chi connectivity index (χ4v) is 8.80. The van der Waals surface area contributed by atoms with Gasteiger partial charge < -0.3 is 9.09 Å². The largest absolute Gasteiger partial charge is 0.437 e. The minimum Gasteiger partial charge on any atom is -0.437 e. The van der Waals surface area contributed by atoms with E-state index < -0.39 is 14.5 Å². The Labute approximate surface area is 205 Å². The van der Waals surface area contributed by atoms with Gasteiger partial charge in [-0.1, -0.05) is 97.1 Å². The maximum atomic E-state index is 14.6.